The molecule has 0 spiro atoms. The number of carbonyl (C=O) groups excluding carboxylic acids is 1. The molecule has 1 amide bonds. The molecule has 5 N–H and O–H groups in total. The van der Waals surface area contributed by atoms with Gasteiger partial charge in [0.15, 0.2) is 11.5 Å². The first-order valence-corrected chi connectivity index (χ1v) is 5.56. The highest BCUT2D eigenvalue weighted by Gasteiger charge is 2.12. The van der Waals surface area contributed by atoms with Gasteiger partial charge in [-0.15, -0.1) is 0 Å². The summed E-state index contributed by atoms with van der Waals surface area (Å²) in [6.45, 7) is -0.104. The van der Waals surface area contributed by atoms with E-state index in [1.807, 2.05) is 0 Å². The summed E-state index contributed by atoms with van der Waals surface area (Å²) < 4.78 is 5.33. The Kier molecular flexibility index (Phi) is 4.12. The Bertz CT molecular complexity index is 610. The second-order valence-electron chi connectivity index (χ2n) is 3.69. The van der Waals surface area contributed by atoms with E-state index in [0.717, 1.165) is 0 Å². The molecule has 1 aromatic heterocycles. The van der Waals surface area contributed by atoms with Gasteiger partial charge in [0.1, 0.15) is 12.4 Å². The minimum Gasteiger partial charge on any atom is -0.483 e. The molecule has 20 heavy (non-hydrogen) atoms. The lowest BCUT2D eigenvalue weighted by Gasteiger charge is -2.11. The van der Waals surface area contributed by atoms with Crippen LogP contribution in [0.25, 0.3) is 0 Å². The number of nitrogens with one attached hydrogen (secondary N) is 2. The van der Waals surface area contributed by atoms with Gasteiger partial charge in [0, 0.05) is 0 Å². The van der Waals surface area contributed by atoms with Crippen molar-refractivity contribution in [2.75, 3.05) is 11.9 Å². The maximum atomic E-state index is 11.8. The zero-order valence-corrected chi connectivity index (χ0v) is 10.3. The first kappa shape index (κ1) is 13.3. The van der Waals surface area contributed by atoms with E-state index in [4.69, 9.17) is 15.7 Å². The topological polar surface area (TPSA) is 139 Å². The second kappa shape index (κ2) is 6.18. The number of H-pyrrole nitrogens is 1. The van der Waals surface area contributed by atoms with Gasteiger partial charge < -0.3 is 21.0 Å². The van der Waals surface area contributed by atoms with Crippen LogP contribution in [0.2, 0.25) is 0 Å². The number of benzene rings is 1. The predicted octanol–water partition coefficient (Wildman–Crippen LogP) is 0.182. The summed E-state index contributed by atoms with van der Waals surface area (Å²) in [4.78, 5) is 11.8. The number of hydrogen-bond acceptors (Lipinski definition) is 6. The maximum absolute atomic E-state index is 11.8. The van der Waals surface area contributed by atoms with Crippen molar-refractivity contribution >= 4 is 17.4 Å². The molecular weight excluding hydrogens is 264 g/mol. The van der Waals surface area contributed by atoms with E-state index in [1.165, 1.54) is 6.20 Å². The lowest BCUT2D eigenvalue weighted by molar-refractivity contribution is 0.102. The van der Waals surface area contributed by atoms with Crippen molar-refractivity contribution in [3.05, 3.63) is 36.2 Å². The minimum atomic E-state index is -0.432. The van der Waals surface area contributed by atoms with E-state index in [9.17, 15) is 4.79 Å². The summed E-state index contributed by atoms with van der Waals surface area (Å²) >= 11 is 0. The van der Waals surface area contributed by atoms with E-state index >= 15 is 0 Å². The fourth-order valence-electron chi connectivity index (χ4n) is 1.37. The van der Waals surface area contributed by atoms with Crippen LogP contribution >= 0.6 is 0 Å². The smallest absolute Gasteiger partial charge is 0.277 e. The number of para-hydroxylation sites is 2. The Morgan fingerprint density at radius 2 is 2.30 bits per heavy atom. The van der Waals surface area contributed by atoms with Crippen molar-refractivity contribution in [2.24, 2.45) is 10.9 Å². The third kappa shape index (κ3) is 3.22. The highest BCUT2D eigenvalue weighted by Crippen LogP contribution is 2.23. The number of ether oxygens (including phenoxy) is 1. The molecule has 9 heteroatoms. The molecule has 0 fully saturated rings. The fourth-order valence-corrected chi connectivity index (χ4v) is 1.37. The average molecular weight is 276 g/mol. The molecule has 2 aromatic rings. The normalized spacial score (nSPS) is 11.1. The molecule has 2 rings (SSSR count). The summed E-state index contributed by atoms with van der Waals surface area (Å²) in [7, 11) is 0. The molecule has 9 nitrogen and oxygen atoms in total. The molecule has 104 valence electrons. The van der Waals surface area contributed by atoms with E-state index in [1.54, 1.807) is 24.3 Å². The summed E-state index contributed by atoms with van der Waals surface area (Å²) in [5.74, 6) is -0.128. The number of anilines is 1. The second-order valence-corrected chi connectivity index (χ2v) is 3.69. The molecule has 0 atom stereocenters. The highest BCUT2D eigenvalue weighted by molar-refractivity contribution is 6.03. The summed E-state index contributed by atoms with van der Waals surface area (Å²) in [5.41, 5.74) is 5.90. The summed E-state index contributed by atoms with van der Waals surface area (Å²) in [6.07, 6.45) is 1.30. The summed E-state index contributed by atoms with van der Waals surface area (Å²) in [5, 5.41) is 23.4. The Labute approximate surface area is 113 Å². The van der Waals surface area contributed by atoms with E-state index < -0.39 is 5.91 Å². The van der Waals surface area contributed by atoms with Crippen LogP contribution in [-0.2, 0) is 0 Å². The van der Waals surface area contributed by atoms with Crippen LogP contribution in [-0.4, -0.2) is 39.0 Å². The number of nitrogens with two attached hydrogens (primary N) is 1. The molecule has 0 aliphatic rings. The molecule has 0 aliphatic heterocycles. The van der Waals surface area contributed by atoms with Crippen molar-refractivity contribution < 1.29 is 14.7 Å². The van der Waals surface area contributed by atoms with Crippen LogP contribution in [0.3, 0.4) is 0 Å². The number of aromatic nitrogens is 3. The molecule has 0 aliphatic carbocycles. The van der Waals surface area contributed by atoms with Gasteiger partial charge >= 0.3 is 0 Å². The van der Waals surface area contributed by atoms with Gasteiger partial charge in [0.25, 0.3) is 5.91 Å². The Hall–Kier alpha value is -3.10. The number of hydrogen-bond donors (Lipinski definition) is 4. The van der Waals surface area contributed by atoms with Crippen molar-refractivity contribution in [2.45, 2.75) is 0 Å². The standard InChI is InChI=1S/C11H12N6O3/c12-10(16-19)6-20-9-4-2-1-3-7(9)14-11(18)8-5-13-17-15-8/h1-5,19H,6H2,(H2,12,16)(H,14,18)(H,13,15,17). The van der Waals surface area contributed by atoms with Crippen LogP contribution in [0.4, 0.5) is 5.69 Å². The predicted molar refractivity (Wildman–Crippen MR) is 69.7 cm³/mol. The van der Waals surface area contributed by atoms with Crippen LogP contribution < -0.4 is 15.8 Å². The van der Waals surface area contributed by atoms with E-state index in [0.29, 0.717) is 11.4 Å². The zero-order valence-electron chi connectivity index (χ0n) is 10.3. The number of amidine groups is 1. The lowest BCUT2D eigenvalue weighted by atomic mass is 10.3. The number of oxime groups is 1. The molecule has 0 radical (unpaired) electrons. The molecule has 1 heterocycles. The molecule has 0 unspecified atom stereocenters. The van der Waals surface area contributed by atoms with Crippen molar-refractivity contribution in [1.82, 2.24) is 15.4 Å². The van der Waals surface area contributed by atoms with Crippen molar-refractivity contribution in [1.29, 1.82) is 0 Å². The van der Waals surface area contributed by atoms with E-state index in [-0.39, 0.29) is 18.1 Å². The number of nitrogens with zero attached hydrogens (tertiary/aromatic N) is 3. The number of amides is 1. The third-order valence-corrected chi connectivity index (χ3v) is 2.29. The van der Waals surface area contributed by atoms with Gasteiger partial charge in [-0.1, -0.05) is 17.3 Å². The number of carbonyl (C=O) groups is 1. The van der Waals surface area contributed by atoms with Crippen LogP contribution in [0.15, 0.2) is 35.6 Å². The zero-order chi connectivity index (χ0) is 14.4. The Balaban J connectivity index is 2.09. The van der Waals surface area contributed by atoms with Gasteiger partial charge in [-0.05, 0) is 12.1 Å². The van der Waals surface area contributed by atoms with Crippen LogP contribution in [0.5, 0.6) is 5.75 Å². The van der Waals surface area contributed by atoms with Crippen LogP contribution in [0, 0.1) is 0 Å². The van der Waals surface area contributed by atoms with Gasteiger partial charge in [0.05, 0.1) is 11.9 Å². The quantitative estimate of drug-likeness (QED) is 0.266. The molecule has 0 saturated heterocycles. The third-order valence-electron chi connectivity index (χ3n) is 2.29. The van der Waals surface area contributed by atoms with Gasteiger partial charge in [-0.25, -0.2) is 0 Å². The molecule has 1 aromatic carbocycles. The lowest BCUT2D eigenvalue weighted by Crippen LogP contribution is -2.21. The van der Waals surface area contributed by atoms with Crippen molar-refractivity contribution in [3.63, 3.8) is 0 Å². The number of aromatic amines is 1. The van der Waals surface area contributed by atoms with Crippen molar-refractivity contribution in [3.8, 4) is 5.75 Å². The molecule has 0 bridgehead atoms. The minimum absolute atomic E-state index is 0.0809. The largest absolute Gasteiger partial charge is 0.483 e. The molecule has 0 saturated carbocycles. The first-order valence-electron chi connectivity index (χ1n) is 5.56. The summed E-state index contributed by atoms with van der Waals surface area (Å²) in [6, 6.07) is 6.75. The highest BCUT2D eigenvalue weighted by atomic mass is 16.5. The van der Waals surface area contributed by atoms with Crippen LogP contribution in [0.1, 0.15) is 10.5 Å². The average Bonchev–Trinajstić information content (AvgIpc) is 3.00. The van der Waals surface area contributed by atoms with Gasteiger partial charge in [0.2, 0.25) is 0 Å². The van der Waals surface area contributed by atoms with Gasteiger partial charge in [-0.2, -0.15) is 15.4 Å². The number of rotatable bonds is 5. The SMILES string of the molecule is N/C(COc1ccccc1NC(=O)c1cn[nH]n1)=N/O. The van der Waals surface area contributed by atoms with E-state index in [2.05, 4.69) is 25.9 Å². The monoisotopic (exact) mass is 276 g/mol. The Morgan fingerprint density at radius 1 is 1.50 bits per heavy atom. The Morgan fingerprint density at radius 3 is 3.00 bits per heavy atom. The fraction of sp³-hybridized carbons (Fsp3) is 0.0909. The first-order chi connectivity index (χ1) is 9.70. The van der Waals surface area contributed by atoms with Gasteiger partial charge in [-0.3, -0.25) is 4.79 Å². The maximum Gasteiger partial charge on any atom is 0.277 e. The molecular formula is C11H12N6O3.